The van der Waals surface area contributed by atoms with Crippen LogP contribution in [0.5, 0.6) is 0 Å². The summed E-state index contributed by atoms with van der Waals surface area (Å²) in [6.07, 6.45) is 0.916. The van der Waals surface area contributed by atoms with Gasteiger partial charge in [0.05, 0.1) is 4.34 Å². The lowest BCUT2D eigenvalue weighted by atomic mass is 9.96. The molecule has 3 rings (SSSR count). The summed E-state index contributed by atoms with van der Waals surface area (Å²) in [4.78, 5) is 15.0. The van der Waals surface area contributed by atoms with Crippen LogP contribution in [0.15, 0.2) is 22.9 Å². The Labute approximate surface area is 130 Å². The lowest BCUT2D eigenvalue weighted by Crippen LogP contribution is -2.40. The number of aliphatic carboxylic acids is 1. The molecule has 2 aromatic heterocycles. The van der Waals surface area contributed by atoms with Crippen LogP contribution in [0.1, 0.15) is 35.0 Å². The molecule has 1 aliphatic rings. The molecule has 6 heteroatoms. The van der Waals surface area contributed by atoms with Crippen molar-refractivity contribution in [3.63, 3.8) is 0 Å². The molecular formula is C14H14ClNO2S2. The second-order valence-corrected chi connectivity index (χ2v) is 7.43. The van der Waals surface area contributed by atoms with E-state index in [1.165, 1.54) is 16.2 Å². The van der Waals surface area contributed by atoms with E-state index in [4.69, 9.17) is 11.6 Å². The molecule has 0 amide bonds. The van der Waals surface area contributed by atoms with Crippen LogP contribution in [0.25, 0.3) is 0 Å². The smallest absolute Gasteiger partial charge is 0.325 e. The maximum Gasteiger partial charge on any atom is 0.325 e. The molecule has 1 N–H and O–H groups in total. The number of hydrogen-bond acceptors (Lipinski definition) is 4. The Hall–Kier alpha value is -0.880. The quantitative estimate of drug-likeness (QED) is 0.918. The molecule has 20 heavy (non-hydrogen) atoms. The fraction of sp³-hybridized carbons (Fsp3) is 0.357. The summed E-state index contributed by atoms with van der Waals surface area (Å²) < 4.78 is 0.743. The molecule has 3 heterocycles. The first-order valence-corrected chi connectivity index (χ1v) is 8.50. The van der Waals surface area contributed by atoms with Gasteiger partial charge >= 0.3 is 5.97 Å². The van der Waals surface area contributed by atoms with Crippen molar-refractivity contribution < 1.29 is 9.90 Å². The molecule has 2 aromatic rings. The standard InChI is InChI=1S/C14H14ClNO2S2/c1-8(9-6-12(15)20-7-9)16-4-2-11-10(3-5-19-11)13(16)14(17)18/h3,5-8,13H,2,4H2,1H3,(H,17,18). The summed E-state index contributed by atoms with van der Waals surface area (Å²) in [5.41, 5.74) is 2.03. The molecule has 0 radical (unpaired) electrons. The van der Waals surface area contributed by atoms with Crippen LogP contribution in [0.3, 0.4) is 0 Å². The van der Waals surface area contributed by atoms with Crippen molar-refractivity contribution in [3.8, 4) is 0 Å². The van der Waals surface area contributed by atoms with E-state index in [9.17, 15) is 9.90 Å². The molecular weight excluding hydrogens is 314 g/mol. The van der Waals surface area contributed by atoms with Crippen molar-refractivity contribution in [2.24, 2.45) is 0 Å². The van der Waals surface area contributed by atoms with Crippen LogP contribution < -0.4 is 0 Å². The molecule has 0 spiro atoms. The molecule has 0 aromatic carbocycles. The topological polar surface area (TPSA) is 40.5 Å². The van der Waals surface area contributed by atoms with E-state index in [0.29, 0.717) is 0 Å². The number of hydrogen-bond donors (Lipinski definition) is 1. The molecule has 1 aliphatic heterocycles. The van der Waals surface area contributed by atoms with Gasteiger partial charge in [-0.1, -0.05) is 11.6 Å². The van der Waals surface area contributed by atoms with E-state index in [2.05, 4.69) is 4.90 Å². The van der Waals surface area contributed by atoms with Gasteiger partial charge in [0.1, 0.15) is 6.04 Å². The Balaban J connectivity index is 1.95. The van der Waals surface area contributed by atoms with Gasteiger partial charge in [0.2, 0.25) is 0 Å². The molecule has 0 saturated heterocycles. The monoisotopic (exact) mass is 327 g/mol. The van der Waals surface area contributed by atoms with Crippen LogP contribution in [-0.4, -0.2) is 22.5 Å². The SMILES string of the molecule is CC(c1csc(Cl)c1)N1CCc2sccc2C1C(=O)O. The van der Waals surface area contributed by atoms with Crippen molar-refractivity contribution in [2.75, 3.05) is 6.54 Å². The summed E-state index contributed by atoms with van der Waals surface area (Å²) >= 11 is 9.13. The van der Waals surface area contributed by atoms with Crippen molar-refractivity contribution in [1.82, 2.24) is 4.90 Å². The van der Waals surface area contributed by atoms with Crippen LogP contribution in [0.4, 0.5) is 0 Å². The van der Waals surface area contributed by atoms with Gasteiger partial charge in [0.25, 0.3) is 0 Å². The first kappa shape index (κ1) is 14.1. The lowest BCUT2D eigenvalue weighted by molar-refractivity contribution is -0.145. The zero-order valence-electron chi connectivity index (χ0n) is 10.9. The summed E-state index contributed by atoms with van der Waals surface area (Å²) in [6.45, 7) is 2.81. The Bertz CT molecular complexity index is 637. The highest BCUT2D eigenvalue weighted by Crippen LogP contribution is 2.39. The number of thiophene rings is 2. The third-order valence-electron chi connectivity index (χ3n) is 3.80. The number of carbonyl (C=O) groups is 1. The normalized spacial score (nSPS) is 20.6. The van der Waals surface area contributed by atoms with Crippen molar-refractivity contribution in [1.29, 1.82) is 0 Å². The van der Waals surface area contributed by atoms with E-state index in [1.807, 2.05) is 29.8 Å². The van der Waals surface area contributed by atoms with Crippen LogP contribution in [0, 0.1) is 0 Å². The second kappa shape index (κ2) is 5.48. The first-order valence-electron chi connectivity index (χ1n) is 6.36. The number of carboxylic acids is 1. The predicted molar refractivity (Wildman–Crippen MR) is 82.8 cm³/mol. The Kier molecular flexibility index (Phi) is 3.86. The Morgan fingerprint density at radius 3 is 3.00 bits per heavy atom. The van der Waals surface area contributed by atoms with Crippen LogP contribution in [-0.2, 0) is 11.2 Å². The highest BCUT2D eigenvalue weighted by atomic mass is 35.5. The maximum absolute atomic E-state index is 11.7. The van der Waals surface area contributed by atoms with E-state index >= 15 is 0 Å². The number of nitrogens with zero attached hydrogens (tertiary/aromatic N) is 1. The Morgan fingerprint density at radius 2 is 2.35 bits per heavy atom. The summed E-state index contributed by atoms with van der Waals surface area (Å²) in [5.74, 6) is -0.780. The third-order valence-corrected chi connectivity index (χ3v) is 5.91. The van der Waals surface area contributed by atoms with Gasteiger partial charge in [-0.05, 0) is 47.4 Å². The third kappa shape index (κ3) is 2.39. The zero-order valence-corrected chi connectivity index (χ0v) is 13.3. The predicted octanol–water partition coefficient (Wildman–Crippen LogP) is 4.21. The fourth-order valence-corrected chi connectivity index (χ4v) is 4.64. The van der Waals surface area contributed by atoms with E-state index in [0.717, 1.165) is 28.4 Å². The number of carboxylic acid groups (broad SMARTS) is 1. The van der Waals surface area contributed by atoms with Gasteiger partial charge in [0, 0.05) is 17.5 Å². The van der Waals surface area contributed by atoms with E-state index in [1.54, 1.807) is 11.3 Å². The van der Waals surface area contributed by atoms with Gasteiger partial charge in [-0.25, -0.2) is 0 Å². The largest absolute Gasteiger partial charge is 0.480 e. The minimum Gasteiger partial charge on any atom is -0.480 e. The molecule has 0 saturated carbocycles. The molecule has 2 unspecified atom stereocenters. The molecule has 3 nitrogen and oxygen atoms in total. The minimum atomic E-state index is -0.780. The number of rotatable bonds is 3. The lowest BCUT2D eigenvalue weighted by Gasteiger charge is -2.37. The van der Waals surface area contributed by atoms with Gasteiger partial charge < -0.3 is 5.11 Å². The maximum atomic E-state index is 11.7. The molecule has 0 bridgehead atoms. The highest BCUT2D eigenvalue weighted by Gasteiger charge is 2.36. The molecule has 106 valence electrons. The Morgan fingerprint density at radius 1 is 1.55 bits per heavy atom. The van der Waals surface area contributed by atoms with E-state index < -0.39 is 12.0 Å². The fourth-order valence-electron chi connectivity index (χ4n) is 2.76. The van der Waals surface area contributed by atoms with Crippen LogP contribution >= 0.6 is 34.3 Å². The van der Waals surface area contributed by atoms with Gasteiger partial charge in [-0.2, -0.15) is 0 Å². The highest BCUT2D eigenvalue weighted by molar-refractivity contribution is 7.14. The van der Waals surface area contributed by atoms with Crippen molar-refractivity contribution in [3.05, 3.63) is 43.2 Å². The molecule has 0 aliphatic carbocycles. The summed E-state index contributed by atoms with van der Waals surface area (Å²) in [6, 6.07) is 3.36. The van der Waals surface area contributed by atoms with Crippen LogP contribution in [0.2, 0.25) is 4.34 Å². The van der Waals surface area contributed by atoms with Crippen molar-refractivity contribution >= 4 is 40.2 Å². The average Bonchev–Trinajstić information content (AvgIpc) is 3.04. The van der Waals surface area contributed by atoms with Gasteiger partial charge in [-0.15, -0.1) is 22.7 Å². The first-order chi connectivity index (χ1) is 9.58. The second-order valence-electron chi connectivity index (χ2n) is 4.89. The summed E-state index contributed by atoms with van der Waals surface area (Å²) in [7, 11) is 0. The molecule has 0 fully saturated rings. The number of halogens is 1. The van der Waals surface area contributed by atoms with Gasteiger partial charge in [-0.3, -0.25) is 9.69 Å². The van der Waals surface area contributed by atoms with E-state index in [-0.39, 0.29) is 6.04 Å². The zero-order chi connectivity index (χ0) is 14.3. The minimum absolute atomic E-state index is 0.0490. The van der Waals surface area contributed by atoms with Crippen molar-refractivity contribution in [2.45, 2.75) is 25.4 Å². The molecule has 2 atom stereocenters. The average molecular weight is 328 g/mol. The summed E-state index contributed by atoms with van der Waals surface area (Å²) in [5, 5.41) is 13.6. The van der Waals surface area contributed by atoms with Gasteiger partial charge in [0.15, 0.2) is 0 Å². The number of fused-ring (bicyclic) bond motifs is 1.